The maximum atomic E-state index is 13.1. The van der Waals surface area contributed by atoms with Crippen molar-refractivity contribution in [3.8, 4) is 11.1 Å². The number of anilines is 1. The van der Waals surface area contributed by atoms with Crippen molar-refractivity contribution >= 4 is 27.6 Å². The molecule has 3 aromatic rings. The minimum Gasteiger partial charge on any atom is -0.299 e. The standard InChI is InChI=1S/C26H23FN2O3S/c27-20-10-4-17(5-11-20)16-33(31,32)29-21-12-8-18(9-13-21)24-14-22(15-26(30)19-6-7-19)28-25-3-1-2-23(24)25/h1-2,4-5,8-14,19,29H,3,6-7,15-16H2. The summed E-state index contributed by atoms with van der Waals surface area (Å²) in [5, 5.41) is 0. The van der Waals surface area contributed by atoms with Crippen LogP contribution in [0.4, 0.5) is 10.1 Å². The topological polar surface area (TPSA) is 76.1 Å². The Kier molecular flexibility index (Phi) is 5.58. The average Bonchev–Trinajstić information content (AvgIpc) is 3.53. The molecule has 2 aliphatic carbocycles. The van der Waals surface area contributed by atoms with Gasteiger partial charge < -0.3 is 0 Å². The molecule has 0 unspecified atom stereocenters. The van der Waals surface area contributed by atoms with E-state index in [1.54, 1.807) is 12.1 Å². The van der Waals surface area contributed by atoms with Crippen molar-refractivity contribution in [2.45, 2.75) is 31.4 Å². The number of carbonyl (C=O) groups is 1. The second kappa shape index (κ2) is 8.56. The van der Waals surface area contributed by atoms with Crippen molar-refractivity contribution in [3.05, 3.63) is 89.0 Å². The Labute approximate surface area is 192 Å². The lowest BCUT2D eigenvalue weighted by Gasteiger charge is -2.13. The van der Waals surface area contributed by atoms with Gasteiger partial charge in [0.2, 0.25) is 10.0 Å². The summed E-state index contributed by atoms with van der Waals surface area (Å²) in [4.78, 5) is 17.0. The maximum Gasteiger partial charge on any atom is 0.236 e. The number of sulfonamides is 1. The van der Waals surface area contributed by atoms with Gasteiger partial charge in [0.25, 0.3) is 0 Å². The van der Waals surface area contributed by atoms with Gasteiger partial charge in [-0.2, -0.15) is 0 Å². The van der Waals surface area contributed by atoms with Gasteiger partial charge in [-0.25, -0.2) is 12.8 Å². The minimum atomic E-state index is -3.64. The second-order valence-electron chi connectivity index (χ2n) is 8.61. The molecular formula is C26H23FN2O3S. The third-order valence-corrected chi connectivity index (χ3v) is 7.17. The van der Waals surface area contributed by atoms with E-state index in [0.29, 0.717) is 17.7 Å². The smallest absolute Gasteiger partial charge is 0.236 e. The fourth-order valence-corrected chi connectivity index (χ4v) is 5.29. The lowest BCUT2D eigenvalue weighted by Crippen LogP contribution is -2.15. The number of allylic oxidation sites excluding steroid dienone is 1. The van der Waals surface area contributed by atoms with E-state index < -0.39 is 15.8 Å². The first-order valence-corrected chi connectivity index (χ1v) is 12.6. The van der Waals surface area contributed by atoms with Crippen LogP contribution in [0.2, 0.25) is 0 Å². The van der Waals surface area contributed by atoms with Gasteiger partial charge in [0.05, 0.1) is 11.4 Å². The molecular weight excluding hydrogens is 439 g/mol. The first-order chi connectivity index (χ1) is 15.9. The van der Waals surface area contributed by atoms with E-state index in [1.165, 1.54) is 24.3 Å². The molecule has 33 heavy (non-hydrogen) atoms. The highest BCUT2D eigenvalue weighted by Crippen LogP contribution is 2.34. The van der Waals surface area contributed by atoms with Crippen LogP contribution in [0.1, 0.15) is 35.4 Å². The summed E-state index contributed by atoms with van der Waals surface area (Å²) in [6, 6.07) is 14.6. The zero-order valence-electron chi connectivity index (χ0n) is 17.9. The molecule has 0 radical (unpaired) electrons. The number of hydrogen-bond acceptors (Lipinski definition) is 4. The fraction of sp³-hybridized carbons (Fsp3) is 0.231. The Morgan fingerprint density at radius 2 is 1.79 bits per heavy atom. The maximum absolute atomic E-state index is 13.1. The van der Waals surface area contributed by atoms with E-state index in [9.17, 15) is 17.6 Å². The van der Waals surface area contributed by atoms with E-state index in [1.807, 2.05) is 24.3 Å². The van der Waals surface area contributed by atoms with Crippen LogP contribution < -0.4 is 4.72 Å². The summed E-state index contributed by atoms with van der Waals surface area (Å²) in [7, 11) is -3.64. The van der Waals surface area contributed by atoms with Crippen molar-refractivity contribution in [1.29, 1.82) is 0 Å². The average molecular weight is 463 g/mol. The number of Topliss-reactive ketones (excluding diaryl/α,β-unsaturated/α-hetero) is 1. The van der Waals surface area contributed by atoms with Crippen LogP contribution in [-0.2, 0) is 33.4 Å². The second-order valence-corrected chi connectivity index (χ2v) is 10.3. The van der Waals surface area contributed by atoms with Gasteiger partial charge in [-0.05, 0) is 59.9 Å². The van der Waals surface area contributed by atoms with Crippen LogP contribution in [0.15, 0.2) is 60.7 Å². The van der Waals surface area contributed by atoms with Crippen molar-refractivity contribution in [2.24, 2.45) is 5.92 Å². The molecule has 2 aliphatic rings. The van der Waals surface area contributed by atoms with Crippen molar-refractivity contribution in [3.63, 3.8) is 0 Å². The molecule has 1 fully saturated rings. The summed E-state index contributed by atoms with van der Waals surface area (Å²) in [5.41, 5.74) is 5.68. The molecule has 1 heterocycles. The zero-order valence-corrected chi connectivity index (χ0v) is 18.7. The van der Waals surface area contributed by atoms with E-state index in [0.717, 1.165) is 47.3 Å². The van der Waals surface area contributed by atoms with Crippen LogP contribution in [0.3, 0.4) is 0 Å². The first kappa shape index (κ1) is 21.5. The van der Waals surface area contributed by atoms with Gasteiger partial charge in [-0.15, -0.1) is 0 Å². The number of fused-ring (bicyclic) bond motifs is 1. The number of hydrogen-bond donors (Lipinski definition) is 1. The van der Waals surface area contributed by atoms with Crippen LogP contribution in [0.25, 0.3) is 17.2 Å². The molecule has 1 N–H and O–H groups in total. The van der Waals surface area contributed by atoms with Gasteiger partial charge in [0.15, 0.2) is 0 Å². The molecule has 5 nitrogen and oxygen atoms in total. The molecule has 0 bridgehead atoms. The molecule has 0 aliphatic heterocycles. The molecule has 7 heteroatoms. The number of aromatic nitrogens is 1. The van der Waals surface area contributed by atoms with E-state index in [-0.39, 0.29) is 17.5 Å². The van der Waals surface area contributed by atoms with Gasteiger partial charge >= 0.3 is 0 Å². The fourth-order valence-electron chi connectivity index (χ4n) is 4.09. The van der Waals surface area contributed by atoms with Crippen molar-refractivity contribution in [1.82, 2.24) is 4.98 Å². The van der Waals surface area contributed by atoms with E-state index in [2.05, 4.69) is 10.8 Å². The SMILES string of the molecule is O=C(Cc1cc(-c2ccc(NS(=O)(=O)Cc3ccc(F)cc3)cc2)c2c(n1)CC=C2)C1CC1. The van der Waals surface area contributed by atoms with Gasteiger partial charge in [0.1, 0.15) is 11.6 Å². The van der Waals surface area contributed by atoms with E-state index in [4.69, 9.17) is 4.98 Å². The van der Waals surface area contributed by atoms with Crippen LogP contribution in [0.5, 0.6) is 0 Å². The number of rotatable bonds is 8. The third-order valence-electron chi connectivity index (χ3n) is 5.91. The first-order valence-electron chi connectivity index (χ1n) is 10.9. The highest BCUT2D eigenvalue weighted by atomic mass is 32.2. The Bertz CT molecular complexity index is 1340. The molecule has 5 rings (SSSR count). The number of ketones is 1. The lowest BCUT2D eigenvalue weighted by molar-refractivity contribution is -0.119. The lowest BCUT2D eigenvalue weighted by atomic mass is 9.97. The largest absolute Gasteiger partial charge is 0.299 e. The summed E-state index contributed by atoms with van der Waals surface area (Å²) in [5.74, 6) is -0.192. The molecule has 0 spiro atoms. The Hall–Kier alpha value is -3.32. The van der Waals surface area contributed by atoms with Crippen molar-refractivity contribution < 1.29 is 17.6 Å². The van der Waals surface area contributed by atoms with Crippen LogP contribution >= 0.6 is 0 Å². The molecule has 2 aromatic carbocycles. The van der Waals surface area contributed by atoms with Gasteiger partial charge in [-0.1, -0.05) is 36.4 Å². The number of benzene rings is 2. The predicted molar refractivity (Wildman–Crippen MR) is 126 cm³/mol. The van der Waals surface area contributed by atoms with Gasteiger partial charge in [-0.3, -0.25) is 14.5 Å². The molecule has 168 valence electrons. The summed E-state index contributed by atoms with van der Waals surface area (Å²) in [6.45, 7) is 0. The number of pyridine rings is 1. The van der Waals surface area contributed by atoms with Crippen molar-refractivity contribution in [2.75, 3.05) is 4.72 Å². The van der Waals surface area contributed by atoms with Crippen LogP contribution in [-0.4, -0.2) is 19.2 Å². The Morgan fingerprint density at radius 3 is 2.48 bits per heavy atom. The Morgan fingerprint density at radius 1 is 1.06 bits per heavy atom. The molecule has 0 saturated heterocycles. The zero-order chi connectivity index (χ0) is 23.0. The third kappa shape index (κ3) is 5.03. The molecule has 1 aromatic heterocycles. The summed E-state index contributed by atoms with van der Waals surface area (Å²) < 4.78 is 40.7. The normalized spacial score (nSPS) is 14.8. The summed E-state index contributed by atoms with van der Waals surface area (Å²) >= 11 is 0. The number of carbonyl (C=O) groups excluding carboxylic acids is 1. The Balaban J connectivity index is 1.35. The van der Waals surface area contributed by atoms with Crippen LogP contribution in [0, 0.1) is 11.7 Å². The molecule has 1 saturated carbocycles. The number of nitrogens with zero attached hydrogens (tertiary/aromatic N) is 1. The van der Waals surface area contributed by atoms with E-state index >= 15 is 0 Å². The number of halogens is 1. The highest BCUT2D eigenvalue weighted by Gasteiger charge is 2.30. The quantitative estimate of drug-likeness (QED) is 0.516. The molecule has 0 atom stereocenters. The van der Waals surface area contributed by atoms with Gasteiger partial charge in [0, 0.05) is 35.7 Å². The number of nitrogens with one attached hydrogen (secondary N) is 1. The predicted octanol–water partition coefficient (Wildman–Crippen LogP) is 4.92. The minimum absolute atomic E-state index is 0.198. The highest BCUT2D eigenvalue weighted by molar-refractivity contribution is 7.91. The monoisotopic (exact) mass is 462 g/mol. The summed E-state index contributed by atoms with van der Waals surface area (Å²) in [6.07, 6.45) is 7.17. The molecule has 0 amide bonds.